The maximum atomic E-state index is 5.87. The van der Waals surface area contributed by atoms with Crippen molar-refractivity contribution in [2.75, 3.05) is 19.0 Å². The third-order valence-corrected chi connectivity index (χ3v) is 2.93. The minimum absolute atomic E-state index is 0.0904. The average molecular weight is 269 g/mol. The molecule has 0 aliphatic heterocycles. The smallest absolute Gasteiger partial charge is 0.193 e. The van der Waals surface area contributed by atoms with Crippen LogP contribution in [-0.2, 0) is 4.74 Å². The van der Waals surface area contributed by atoms with Gasteiger partial charge in [0.15, 0.2) is 5.96 Å². The molecule has 0 spiro atoms. The van der Waals surface area contributed by atoms with Crippen molar-refractivity contribution in [1.82, 2.24) is 0 Å². The third kappa shape index (κ3) is 4.10. The van der Waals surface area contributed by atoms with Crippen molar-refractivity contribution < 1.29 is 4.74 Å². The highest BCUT2D eigenvalue weighted by Crippen LogP contribution is 2.16. The van der Waals surface area contributed by atoms with E-state index in [1.165, 1.54) is 0 Å². The summed E-state index contributed by atoms with van der Waals surface area (Å²) in [5.41, 5.74) is 7.88. The van der Waals surface area contributed by atoms with Crippen molar-refractivity contribution in [2.24, 2.45) is 10.7 Å². The second-order valence-corrected chi connectivity index (χ2v) is 4.35. The van der Waals surface area contributed by atoms with Gasteiger partial charge in [-0.2, -0.15) is 0 Å². The molecule has 1 atom stereocenters. The molecule has 0 aliphatic rings. The largest absolute Gasteiger partial charge is 0.375 e. The number of methoxy groups -OCH3 is 1. The summed E-state index contributed by atoms with van der Waals surface area (Å²) in [4.78, 5) is 4.33. The van der Waals surface area contributed by atoms with Crippen LogP contribution >= 0.6 is 0 Å². The van der Waals surface area contributed by atoms with Gasteiger partial charge in [-0.25, -0.2) is 0 Å². The summed E-state index contributed by atoms with van der Waals surface area (Å²) < 4.78 is 5.45. The zero-order chi connectivity index (χ0) is 14.2. The van der Waals surface area contributed by atoms with E-state index < -0.39 is 0 Å². The van der Waals surface area contributed by atoms with E-state index in [1.54, 1.807) is 7.11 Å². The van der Waals surface area contributed by atoms with Crippen molar-refractivity contribution in [2.45, 2.75) is 6.10 Å². The van der Waals surface area contributed by atoms with Crippen molar-refractivity contribution in [3.05, 3.63) is 66.2 Å². The number of nitrogens with one attached hydrogen (secondary N) is 1. The van der Waals surface area contributed by atoms with Gasteiger partial charge in [0.05, 0.1) is 6.54 Å². The van der Waals surface area contributed by atoms with Gasteiger partial charge in [0, 0.05) is 12.8 Å². The molecule has 0 amide bonds. The molecule has 20 heavy (non-hydrogen) atoms. The number of para-hydroxylation sites is 1. The molecule has 2 rings (SSSR count). The van der Waals surface area contributed by atoms with E-state index in [-0.39, 0.29) is 6.10 Å². The van der Waals surface area contributed by atoms with Crippen LogP contribution in [0.4, 0.5) is 5.69 Å². The Morgan fingerprint density at radius 1 is 1.10 bits per heavy atom. The summed E-state index contributed by atoms with van der Waals surface area (Å²) in [7, 11) is 1.67. The van der Waals surface area contributed by atoms with Crippen molar-refractivity contribution in [3.8, 4) is 0 Å². The highest BCUT2D eigenvalue weighted by Gasteiger charge is 2.09. The lowest BCUT2D eigenvalue weighted by atomic mass is 10.1. The molecule has 1 unspecified atom stereocenters. The number of benzene rings is 2. The molecule has 3 N–H and O–H groups in total. The van der Waals surface area contributed by atoms with E-state index in [0.717, 1.165) is 11.3 Å². The van der Waals surface area contributed by atoms with Crippen molar-refractivity contribution in [3.63, 3.8) is 0 Å². The SMILES string of the molecule is COC(CN=C(N)Nc1ccccc1)c1ccccc1. The summed E-state index contributed by atoms with van der Waals surface area (Å²) >= 11 is 0. The number of ether oxygens (including phenoxy) is 1. The molecular formula is C16H19N3O. The Morgan fingerprint density at radius 2 is 1.70 bits per heavy atom. The molecular weight excluding hydrogens is 250 g/mol. The number of rotatable bonds is 5. The fourth-order valence-electron chi connectivity index (χ4n) is 1.87. The summed E-state index contributed by atoms with van der Waals surface area (Å²) in [6.45, 7) is 0.478. The zero-order valence-corrected chi connectivity index (χ0v) is 11.5. The molecule has 104 valence electrons. The van der Waals surface area contributed by atoms with Gasteiger partial charge in [-0.1, -0.05) is 48.5 Å². The van der Waals surface area contributed by atoms with E-state index in [0.29, 0.717) is 12.5 Å². The van der Waals surface area contributed by atoms with E-state index >= 15 is 0 Å². The monoisotopic (exact) mass is 269 g/mol. The standard InChI is InChI=1S/C16H19N3O/c1-20-15(13-8-4-2-5-9-13)12-18-16(17)19-14-10-6-3-7-11-14/h2-11,15H,12H2,1H3,(H3,17,18,19). The van der Waals surface area contributed by atoms with Crippen LogP contribution in [0.5, 0.6) is 0 Å². The molecule has 0 fully saturated rings. The van der Waals surface area contributed by atoms with Gasteiger partial charge in [0.1, 0.15) is 6.10 Å². The Balaban J connectivity index is 1.96. The minimum atomic E-state index is -0.0904. The van der Waals surface area contributed by atoms with Gasteiger partial charge in [-0.15, -0.1) is 0 Å². The minimum Gasteiger partial charge on any atom is -0.375 e. The third-order valence-electron chi connectivity index (χ3n) is 2.93. The number of hydrogen-bond acceptors (Lipinski definition) is 2. The Labute approximate surface area is 119 Å². The molecule has 4 nitrogen and oxygen atoms in total. The van der Waals surface area contributed by atoms with Gasteiger partial charge in [-0.3, -0.25) is 4.99 Å². The van der Waals surface area contributed by atoms with Crippen molar-refractivity contribution in [1.29, 1.82) is 0 Å². The number of aliphatic imine (C=N–C) groups is 1. The van der Waals surface area contributed by atoms with Gasteiger partial charge in [0.25, 0.3) is 0 Å². The highest BCUT2D eigenvalue weighted by molar-refractivity contribution is 5.92. The van der Waals surface area contributed by atoms with Crippen LogP contribution in [-0.4, -0.2) is 19.6 Å². The first-order valence-electron chi connectivity index (χ1n) is 6.49. The van der Waals surface area contributed by atoms with E-state index in [1.807, 2.05) is 60.7 Å². The molecule has 2 aromatic carbocycles. The van der Waals surface area contributed by atoms with Gasteiger partial charge >= 0.3 is 0 Å². The van der Waals surface area contributed by atoms with Crippen LogP contribution in [0.1, 0.15) is 11.7 Å². The average Bonchev–Trinajstić information content (AvgIpc) is 2.50. The fourth-order valence-corrected chi connectivity index (χ4v) is 1.87. The number of anilines is 1. The van der Waals surface area contributed by atoms with Gasteiger partial charge in [-0.05, 0) is 17.7 Å². The van der Waals surface area contributed by atoms with Crippen LogP contribution in [0.15, 0.2) is 65.7 Å². The lowest BCUT2D eigenvalue weighted by molar-refractivity contribution is 0.111. The summed E-state index contributed by atoms with van der Waals surface area (Å²) in [5.74, 6) is 0.384. The second-order valence-electron chi connectivity index (χ2n) is 4.35. The number of nitrogens with two attached hydrogens (primary N) is 1. The fraction of sp³-hybridized carbons (Fsp3) is 0.188. The van der Waals surface area contributed by atoms with Crippen LogP contribution in [0, 0.1) is 0 Å². The maximum absolute atomic E-state index is 5.87. The first-order chi connectivity index (χ1) is 9.79. The van der Waals surface area contributed by atoms with Crippen LogP contribution < -0.4 is 11.1 Å². The second kappa shape index (κ2) is 7.31. The zero-order valence-electron chi connectivity index (χ0n) is 11.5. The van der Waals surface area contributed by atoms with E-state index in [2.05, 4.69) is 10.3 Å². The Hall–Kier alpha value is -2.33. The maximum Gasteiger partial charge on any atom is 0.193 e. The predicted molar refractivity (Wildman–Crippen MR) is 82.7 cm³/mol. The Bertz CT molecular complexity index is 540. The number of hydrogen-bond donors (Lipinski definition) is 2. The lowest BCUT2D eigenvalue weighted by Gasteiger charge is -2.14. The van der Waals surface area contributed by atoms with Gasteiger partial charge in [0.2, 0.25) is 0 Å². The Morgan fingerprint density at radius 3 is 2.30 bits per heavy atom. The van der Waals surface area contributed by atoms with E-state index in [9.17, 15) is 0 Å². The number of nitrogens with zero attached hydrogens (tertiary/aromatic N) is 1. The van der Waals surface area contributed by atoms with Crippen LogP contribution in [0.25, 0.3) is 0 Å². The normalized spacial score (nSPS) is 12.9. The summed E-state index contributed by atoms with van der Waals surface area (Å²) in [6.07, 6.45) is -0.0904. The van der Waals surface area contributed by atoms with Crippen molar-refractivity contribution >= 4 is 11.6 Å². The van der Waals surface area contributed by atoms with Crippen LogP contribution in [0.3, 0.4) is 0 Å². The summed E-state index contributed by atoms with van der Waals surface area (Å²) in [6, 6.07) is 19.7. The topological polar surface area (TPSA) is 59.6 Å². The van der Waals surface area contributed by atoms with Crippen LogP contribution in [0.2, 0.25) is 0 Å². The molecule has 4 heteroatoms. The Kier molecular flexibility index (Phi) is 5.15. The lowest BCUT2D eigenvalue weighted by Crippen LogP contribution is -2.23. The molecule has 0 aliphatic carbocycles. The molecule has 2 aromatic rings. The summed E-state index contributed by atoms with van der Waals surface area (Å²) in [5, 5.41) is 3.05. The van der Waals surface area contributed by atoms with E-state index in [4.69, 9.17) is 10.5 Å². The molecule has 0 saturated heterocycles. The first kappa shape index (κ1) is 14.1. The predicted octanol–water partition coefficient (Wildman–Crippen LogP) is 2.80. The van der Waals surface area contributed by atoms with Gasteiger partial charge < -0.3 is 15.8 Å². The first-order valence-corrected chi connectivity index (χ1v) is 6.49. The molecule has 0 saturated carbocycles. The quantitative estimate of drug-likeness (QED) is 0.648. The molecule has 0 radical (unpaired) electrons. The number of guanidine groups is 1. The molecule has 0 bridgehead atoms. The molecule has 0 aromatic heterocycles. The highest BCUT2D eigenvalue weighted by atomic mass is 16.5. The molecule has 0 heterocycles.